The molecule has 8 aromatic rings. The minimum absolute atomic E-state index is 0.00926. The van der Waals surface area contributed by atoms with Crippen molar-refractivity contribution in [1.82, 2.24) is 79.1 Å². The van der Waals surface area contributed by atoms with Gasteiger partial charge in [0.15, 0.2) is 34.8 Å². The van der Waals surface area contributed by atoms with E-state index in [4.69, 9.17) is 45.8 Å². The van der Waals surface area contributed by atoms with Gasteiger partial charge >= 0.3 is 35.7 Å². The van der Waals surface area contributed by atoms with Crippen molar-refractivity contribution in [2.45, 2.75) is 220 Å². The van der Waals surface area contributed by atoms with Gasteiger partial charge in [0.1, 0.15) is 65.6 Å². The molecule has 36 nitrogen and oxygen atoms in total. The van der Waals surface area contributed by atoms with Crippen LogP contribution in [-0.4, -0.2) is 231 Å². The number of H-pyrrole nitrogens is 1. The number of rotatable bonds is 11. The van der Waals surface area contributed by atoms with Crippen LogP contribution >= 0.6 is 27.5 Å². The normalized spacial score (nSPS) is 16.0. The molecule has 0 atom stereocenters. The van der Waals surface area contributed by atoms with E-state index in [1.165, 1.54) is 30.7 Å². The Labute approximate surface area is 730 Å². The molecule has 0 spiro atoms. The Hall–Kier alpha value is -11.4. The lowest BCUT2D eigenvalue weighted by Gasteiger charge is -2.34. The zero-order valence-corrected chi connectivity index (χ0v) is 75.1. The number of nitro groups is 2. The van der Waals surface area contributed by atoms with Gasteiger partial charge in [0, 0.05) is 92.8 Å². The van der Waals surface area contributed by atoms with Gasteiger partial charge in [-0.1, -0.05) is 15.9 Å². The van der Waals surface area contributed by atoms with Gasteiger partial charge in [0.05, 0.1) is 94.8 Å². The van der Waals surface area contributed by atoms with E-state index in [-0.39, 0.29) is 99.6 Å². The summed E-state index contributed by atoms with van der Waals surface area (Å²) in [6, 6.07) is 6.59. The fraction of sp³-hybridized carbons (Fsp3) is 0.561. The number of amides is 4. The highest BCUT2D eigenvalue weighted by Crippen LogP contribution is 2.42. The number of carbonyl (C=O) groups is 4. The van der Waals surface area contributed by atoms with Crippen molar-refractivity contribution in [3.05, 3.63) is 135 Å². The number of alkyl halides is 1. The first-order chi connectivity index (χ1) is 58.2. The van der Waals surface area contributed by atoms with E-state index < -0.39 is 49.9 Å². The van der Waals surface area contributed by atoms with Gasteiger partial charge in [-0.05, 0) is 198 Å². The fourth-order valence-electron chi connectivity index (χ4n) is 13.7. The summed E-state index contributed by atoms with van der Waals surface area (Å²) in [6.07, 6.45) is 19.7. The minimum Gasteiger partial charge on any atom is -0.486 e. The molecule has 14 rings (SSSR count). The van der Waals surface area contributed by atoms with Crippen LogP contribution in [0.25, 0.3) is 22.5 Å². The number of nitrogens with zero attached hydrogens (tertiary/aromatic N) is 19. The fourth-order valence-corrected chi connectivity index (χ4v) is 14.2. The van der Waals surface area contributed by atoms with E-state index in [1.54, 1.807) is 48.8 Å². The minimum atomic E-state index is -0.662. The number of likely N-dealkylation sites (tertiary alicyclic amines) is 4. The largest absolute Gasteiger partial charge is 0.486 e. The lowest BCUT2D eigenvalue weighted by Crippen LogP contribution is -2.42. The Morgan fingerprint density at radius 2 is 0.895 bits per heavy atom. The number of nitrogens with one attached hydrogen (secondary N) is 2. The van der Waals surface area contributed by atoms with Crippen molar-refractivity contribution < 1.29 is 75.0 Å². The number of benzene rings is 2. The third-order valence-electron chi connectivity index (χ3n) is 19.6. The summed E-state index contributed by atoms with van der Waals surface area (Å²) in [5, 5.41) is 41.9. The number of anilines is 5. The molecule has 676 valence electrons. The molecule has 4 saturated heterocycles. The number of piperidine rings is 4. The summed E-state index contributed by atoms with van der Waals surface area (Å²) in [4.78, 5) is 94.7. The number of aromatic nitrogens is 12. The molecular weight excluding hydrogens is 1710 g/mol. The summed E-state index contributed by atoms with van der Waals surface area (Å²) in [7, 11) is 0. The van der Waals surface area contributed by atoms with Gasteiger partial charge in [0.2, 0.25) is 11.2 Å². The first-order valence-electron chi connectivity index (χ1n) is 40.9. The van der Waals surface area contributed by atoms with Gasteiger partial charge in [-0.3, -0.25) is 39.4 Å². The Morgan fingerprint density at radius 3 is 1.26 bits per heavy atom. The van der Waals surface area contributed by atoms with Gasteiger partial charge < -0.3 is 68.9 Å². The molecule has 0 saturated carbocycles. The zero-order valence-electron chi connectivity index (χ0n) is 72.7. The number of hydrogen-bond acceptors (Lipinski definition) is 26. The molecule has 4 fully saturated rings. The summed E-state index contributed by atoms with van der Waals surface area (Å²) in [5.74, 6) is -1.92. The van der Waals surface area contributed by atoms with E-state index in [0.29, 0.717) is 123 Å². The molecule has 0 unspecified atom stereocenters. The predicted octanol–water partition coefficient (Wildman–Crippen LogP) is 16.7. The smallest absolute Gasteiger partial charge is 0.410 e. The molecule has 4 amide bonds. The van der Waals surface area contributed by atoms with Crippen LogP contribution in [0.15, 0.2) is 86.2 Å². The number of carbonyl (C=O) groups excluding carboxylic acids is 4. The number of ether oxygens (including phenoxy) is 6. The number of halogens is 6. The third-order valence-corrected chi connectivity index (χ3v) is 20.7. The van der Waals surface area contributed by atoms with Crippen molar-refractivity contribution in [3.8, 4) is 34.0 Å². The zero-order chi connectivity index (χ0) is 90.9. The van der Waals surface area contributed by atoms with Crippen LogP contribution in [0.4, 0.5) is 76.8 Å². The third kappa shape index (κ3) is 28.3. The number of nitrogens with two attached hydrogens (primary N) is 1. The number of fused-ring (bicyclic) bond motifs is 2. The molecule has 6 aromatic heterocycles. The summed E-state index contributed by atoms with van der Waals surface area (Å²) >= 11 is 9.26. The van der Waals surface area contributed by atoms with Gasteiger partial charge in [-0.2, -0.15) is 20.4 Å². The molecule has 6 aliphatic rings. The lowest BCUT2D eigenvalue weighted by atomic mass is 10.1. The maximum Gasteiger partial charge on any atom is 0.410 e. The Morgan fingerprint density at radius 1 is 0.516 bits per heavy atom. The molecule has 2 aromatic carbocycles. The number of nitrogen functional groups attached to an aromatic ring is 1. The van der Waals surface area contributed by atoms with E-state index in [1.807, 2.05) is 142 Å². The highest BCUT2D eigenvalue weighted by Gasteiger charge is 2.35. The Balaban J connectivity index is 0.000000179. The van der Waals surface area contributed by atoms with E-state index in [2.05, 4.69) is 66.7 Å². The van der Waals surface area contributed by atoms with Crippen LogP contribution in [0.5, 0.6) is 11.5 Å². The topological polar surface area (TPSA) is 401 Å². The van der Waals surface area contributed by atoms with Crippen LogP contribution in [0, 0.1) is 43.5 Å². The Kier molecular flexibility index (Phi) is 32.9. The molecule has 0 aliphatic carbocycles. The predicted molar refractivity (Wildman–Crippen MR) is 460 cm³/mol. The van der Waals surface area contributed by atoms with Crippen LogP contribution < -0.4 is 30.3 Å². The van der Waals surface area contributed by atoms with Gasteiger partial charge in [0.25, 0.3) is 0 Å². The first-order valence-corrected chi connectivity index (χ1v) is 42.2. The second-order valence-electron chi connectivity index (χ2n) is 34.6. The molecule has 42 heteroatoms. The van der Waals surface area contributed by atoms with Gasteiger partial charge in [-0.25, -0.2) is 56.7 Å². The number of aromatic amines is 1. The molecule has 124 heavy (non-hydrogen) atoms. The van der Waals surface area contributed by atoms with Gasteiger partial charge in [-0.15, -0.1) is 0 Å². The summed E-state index contributed by atoms with van der Waals surface area (Å²) in [5.41, 5.74) is 6.79. The highest BCUT2D eigenvalue weighted by atomic mass is 79.9. The molecule has 0 bridgehead atoms. The van der Waals surface area contributed by atoms with Crippen molar-refractivity contribution in [1.29, 1.82) is 0 Å². The van der Waals surface area contributed by atoms with Crippen molar-refractivity contribution in [2.24, 2.45) is 0 Å². The molecule has 12 heterocycles. The molecule has 6 aliphatic heterocycles. The van der Waals surface area contributed by atoms with E-state index >= 15 is 0 Å². The van der Waals surface area contributed by atoms with Crippen LogP contribution in [0.3, 0.4) is 0 Å². The van der Waals surface area contributed by atoms with Crippen LogP contribution in [0.2, 0.25) is 5.28 Å². The van der Waals surface area contributed by atoms with Crippen molar-refractivity contribution in [2.75, 3.05) is 99.5 Å². The molecule has 4 N–H and O–H groups in total. The summed E-state index contributed by atoms with van der Waals surface area (Å²) < 4.78 is 95.9. The SMILES string of the molecule is CC(C)(C)OC(=O)N1CCC(Br)CC1.CC(C)(C)OC(=O)N1CCC(n2cc(N)cn2)CC1.CC(C)(C)OC(=O)N1CCC(n2cc([N+](=O)[O-])cn2)CC1.CC(C)N1CCOc2c(F)cc(-c3nc(Cl)ncc3F)cc21.CC(C)N1CCOc2c(F)cc(-c3nc(Nc4cnn(C5CCN(C(=O)OC(C)(C)C)CC5)c4)ncc3F)cc21.O=[N+]([O-])c1cn[nH]c1. The first kappa shape index (κ1) is 96.4. The van der Waals surface area contributed by atoms with E-state index in [0.717, 1.165) is 70.2 Å². The summed E-state index contributed by atoms with van der Waals surface area (Å²) in [6.45, 7) is 37.7. The maximum absolute atomic E-state index is 15.0. The average Bonchev–Trinajstić information content (AvgIpc) is 0.896. The Bertz CT molecular complexity index is 4910. The molecule has 0 radical (unpaired) electrons. The second-order valence-corrected chi connectivity index (χ2v) is 36.2. The average molecular weight is 1820 g/mol. The second kappa shape index (κ2) is 42.3. The van der Waals surface area contributed by atoms with E-state index in [9.17, 15) is 57.0 Å². The quantitative estimate of drug-likeness (QED) is 0.0270. The lowest BCUT2D eigenvalue weighted by molar-refractivity contribution is -0.385. The highest BCUT2D eigenvalue weighted by molar-refractivity contribution is 9.09. The number of hydrogen-bond donors (Lipinski definition) is 3. The maximum atomic E-state index is 15.0. The van der Waals surface area contributed by atoms with Crippen LogP contribution in [-0.2, 0) is 18.9 Å². The standard InChI is InChI=1S/C28H35F2N7O3.C15H14ClF2N3O.C13H20N4O4.C13H22N4O2.C10H18BrNO2.C3H3N3O2/c1-17(2)36-10-11-39-25-21(29)12-18(13-23(25)36)24-22(30)15-31-26(34-24)33-19-14-32-37(16-19)20-6-8-35(9-7-20)27(38)40-28(3,4)5;1-8(2)21-3-4-22-14-10(17)5-9(6-12(14)21)13-11(18)7-19-15(16)20-13;1-13(2,3)21-12(18)15-6-4-10(5-7-15)16-9-11(8-14-16)17(19)20;1-13(2,3)19-12(18)16-6-4-11(5-7-16)17-9-10(14)8-15-17;1-10(2,3)14-9(13)12-6-4-8(11)5-7-12;7-6(8)3-1-4-5-2-3/h12-17,20H,6-11H2,1-5H3,(H,31,33,34);5-8H,3-4H2,1-2H3;8-10H,4-7H2,1-3H3;8-9,11H,4-7,14H2,1-3H3;8H,4-7H2,1-3H3;1-2H,(H,4,5). The monoisotopic (exact) mass is 1820 g/mol. The molecular formula is C82H112BrClF4N22O14. The van der Waals surface area contributed by atoms with Crippen LogP contribution in [0.1, 0.15) is 180 Å². The van der Waals surface area contributed by atoms with Crippen molar-refractivity contribution in [3.63, 3.8) is 0 Å². The van der Waals surface area contributed by atoms with Crippen molar-refractivity contribution >= 4 is 92.0 Å².